The van der Waals surface area contributed by atoms with Gasteiger partial charge in [0.2, 0.25) is 0 Å². The second-order valence-electron chi connectivity index (χ2n) is 6.73. The van der Waals surface area contributed by atoms with Crippen molar-refractivity contribution in [2.75, 3.05) is 0 Å². The lowest BCUT2D eigenvalue weighted by molar-refractivity contribution is 1.71. The molecule has 0 aliphatic heterocycles. The van der Waals surface area contributed by atoms with Crippen molar-refractivity contribution >= 4 is 23.3 Å². The number of hydrogen-bond acceptors (Lipinski definition) is 0. The van der Waals surface area contributed by atoms with Crippen molar-refractivity contribution < 1.29 is 0 Å². The summed E-state index contributed by atoms with van der Waals surface area (Å²) < 4.78 is 0. The summed E-state index contributed by atoms with van der Waals surface area (Å²) in [5.41, 5.74) is 4.03. The lowest BCUT2D eigenvalue weighted by Crippen LogP contribution is -2.49. The molecular formula is C12H30Si3. The number of rotatable bonds is 3. The van der Waals surface area contributed by atoms with Gasteiger partial charge in [0, 0.05) is 15.2 Å². The van der Waals surface area contributed by atoms with Crippen LogP contribution in [-0.2, 0) is 0 Å². The highest BCUT2D eigenvalue weighted by Crippen LogP contribution is 2.17. The van der Waals surface area contributed by atoms with E-state index >= 15 is 0 Å². The summed E-state index contributed by atoms with van der Waals surface area (Å²) in [6.07, 6.45) is 0. The molecule has 0 nitrogen and oxygen atoms in total. The fourth-order valence-electron chi connectivity index (χ4n) is 0.0833. The largest absolute Gasteiger partial charge is 0.107 e. The maximum absolute atomic E-state index is 3.69. The van der Waals surface area contributed by atoms with Gasteiger partial charge in [-0.25, -0.2) is 0 Å². The highest BCUT2D eigenvalue weighted by molar-refractivity contribution is 7.39. The molecule has 0 amide bonds. The summed E-state index contributed by atoms with van der Waals surface area (Å²) in [5, 5.41) is 0. The van der Waals surface area contributed by atoms with Crippen LogP contribution in [-0.4, -0.2) is 23.3 Å². The standard InChI is InChI=1S/C6H18Si2.C6H12Si/c1-7(2,3)8(4,5)6;1-5-7(3,4)6-2/h1-6H3;5-6H,1-2H2,3-4H3. The van der Waals surface area contributed by atoms with Crippen molar-refractivity contribution in [3.8, 4) is 0 Å². The summed E-state index contributed by atoms with van der Waals surface area (Å²) in [6, 6.07) is 0. The van der Waals surface area contributed by atoms with Gasteiger partial charge in [-0.05, 0) is 0 Å². The van der Waals surface area contributed by atoms with E-state index in [2.05, 4.69) is 65.5 Å². The van der Waals surface area contributed by atoms with Crippen molar-refractivity contribution in [3.05, 3.63) is 24.6 Å². The van der Waals surface area contributed by atoms with E-state index in [9.17, 15) is 0 Å². The zero-order valence-electron chi connectivity index (χ0n) is 12.1. The summed E-state index contributed by atoms with van der Waals surface area (Å²) >= 11 is 0. The Morgan fingerprint density at radius 3 is 0.800 bits per heavy atom. The molecule has 15 heavy (non-hydrogen) atoms. The average molecular weight is 259 g/mol. The van der Waals surface area contributed by atoms with Gasteiger partial charge in [0.25, 0.3) is 0 Å². The van der Waals surface area contributed by atoms with Crippen molar-refractivity contribution in [1.29, 1.82) is 0 Å². The molecule has 0 aromatic rings. The SMILES string of the molecule is C=C[Si](C)(C)C=C.C[Si](C)(C)[Si](C)(C)C. The van der Waals surface area contributed by atoms with Gasteiger partial charge in [0.05, 0.1) is 8.07 Å². The predicted octanol–water partition coefficient (Wildman–Crippen LogP) is 4.89. The maximum atomic E-state index is 3.69. The van der Waals surface area contributed by atoms with Crippen molar-refractivity contribution in [3.63, 3.8) is 0 Å². The van der Waals surface area contributed by atoms with E-state index in [4.69, 9.17) is 0 Å². The Labute approximate surface area is 100 Å². The van der Waals surface area contributed by atoms with E-state index in [0.717, 1.165) is 0 Å². The fraction of sp³-hybridized carbons (Fsp3) is 0.667. The van der Waals surface area contributed by atoms with Gasteiger partial charge in [-0.2, -0.15) is 0 Å². The molecule has 0 saturated heterocycles. The molecule has 0 heterocycles. The first-order chi connectivity index (χ1) is 6.37. The first kappa shape index (κ1) is 17.5. The quantitative estimate of drug-likeness (QED) is 0.633. The van der Waals surface area contributed by atoms with Crippen LogP contribution in [0.4, 0.5) is 0 Å². The van der Waals surface area contributed by atoms with Gasteiger partial charge in [-0.15, -0.1) is 13.2 Å². The van der Waals surface area contributed by atoms with Crippen molar-refractivity contribution in [2.45, 2.75) is 52.4 Å². The van der Waals surface area contributed by atoms with Crippen LogP contribution in [0, 0.1) is 0 Å². The van der Waals surface area contributed by atoms with Gasteiger partial charge >= 0.3 is 0 Å². The molecule has 0 aliphatic rings. The van der Waals surface area contributed by atoms with E-state index in [1.165, 1.54) is 0 Å². The zero-order valence-corrected chi connectivity index (χ0v) is 15.1. The van der Waals surface area contributed by atoms with Crippen LogP contribution in [0.1, 0.15) is 0 Å². The Bertz CT molecular complexity index is 182. The van der Waals surface area contributed by atoms with Crippen molar-refractivity contribution in [1.82, 2.24) is 0 Å². The highest BCUT2D eigenvalue weighted by Gasteiger charge is 2.31. The Balaban J connectivity index is 0. The molecule has 0 aromatic carbocycles. The average Bonchev–Trinajstić information content (AvgIpc) is 2.02. The highest BCUT2D eigenvalue weighted by atomic mass is 29.3. The second-order valence-corrected chi connectivity index (χ2v) is 29.2. The first-order valence-corrected chi connectivity index (χ1v) is 16.8. The molecule has 0 saturated carbocycles. The normalized spacial score (nSPS) is 12.5. The van der Waals surface area contributed by atoms with E-state index in [-0.39, 0.29) is 0 Å². The molecule has 0 fully saturated rings. The minimum absolute atomic E-state index is 0.720. The monoisotopic (exact) mass is 258 g/mol. The van der Waals surface area contributed by atoms with Crippen LogP contribution in [0.25, 0.3) is 0 Å². The minimum atomic E-state index is -1.12. The molecule has 0 aliphatic carbocycles. The fourth-order valence-corrected chi connectivity index (χ4v) is 0.250. The van der Waals surface area contributed by atoms with E-state index in [1.54, 1.807) is 0 Å². The Hall–Kier alpha value is 0.131. The Morgan fingerprint density at radius 1 is 0.600 bits per heavy atom. The molecule has 3 heteroatoms. The smallest absolute Gasteiger partial charge is 0.0942 e. The molecule has 0 rings (SSSR count). The molecule has 0 spiro atoms. The molecule has 90 valence electrons. The van der Waals surface area contributed by atoms with Gasteiger partial charge < -0.3 is 0 Å². The van der Waals surface area contributed by atoms with E-state index in [1.807, 2.05) is 11.4 Å². The molecular weight excluding hydrogens is 228 g/mol. The Morgan fingerprint density at radius 2 is 0.800 bits per heavy atom. The van der Waals surface area contributed by atoms with Gasteiger partial charge in [-0.3, -0.25) is 0 Å². The molecule has 0 N–H and O–H groups in total. The summed E-state index contributed by atoms with van der Waals surface area (Å²) in [6.45, 7) is 26.6. The molecule has 0 bridgehead atoms. The number of hydrogen-bond donors (Lipinski definition) is 0. The zero-order chi connectivity index (χ0) is 12.9. The third-order valence-corrected chi connectivity index (χ3v) is 23.4. The van der Waals surface area contributed by atoms with Crippen LogP contribution >= 0.6 is 0 Å². The van der Waals surface area contributed by atoms with Gasteiger partial charge in [-0.1, -0.05) is 63.8 Å². The van der Waals surface area contributed by atoms with E-state index in [0.29, 0.717) is 0 Å². The van der Waals surface area contributed by atoms with Crippen molar-refractivity contribution in [2.24, 2.45) is 0 Å². The van der Waals surface area contributed by atoms with Gasteiger partial charge in [0.15, 0.2) is 0 Å². The maximum Gasteiger partial charge on any atom is 0.0942 e. The van der Waals surface area contributed by atoms with Crippen LogP contribution in [0.3, 0.4) is 0 Å². The van der Waals surface area contributed by atoms with Crippen LogP contribution in [0.5, 0.6) is 0 Å². The summed E-state index contributed by atoms with van der Waals surface area (Å²) in [4.78, 5) is 0. The topological polar surface area (TPSA) is 0 Å². The predicted molar refractivity (Wildman–Crippen MR) is 84.6 cm³/mol. The molecule has 0 unspecified atom stereocenters. The summed E-state index contributed by atoms with van der Waals surface area (Å²) in [5.74, 6) is 0. The Kier molecular flexibility index (Phi) is 7.02. The summed E-state index contributed by atoms with van der Waals surface area (Å²) in [7, 11) is -2.56. The van der Waals surface area contributed by atoms with E-state index < -0.39 is 23.3 Å². The molecule has 0 aromatic heterocycles. The third-order valence-electron chi connectivity index (χ3n) is 3.30. The molecule has 0 radical (unpaired) electrons. The van der Waals surface area contributed by atoms with Gasteiger partial charge in [0.1, 0.15) is 0 Å². The first-order valence-electron chi connectivity index (χ1n) is 5.64. The molecule has 0 atom stereocenters. The van der Waals surface area contributed by atoms with Crippen LogP contribution in [0.15, 0.2) is 24.6 Å². The lowest BCUT2D eigenvalue weighted by atomic mass is 11.2. The third kappa shape index (κ3) is 9.08. The lowest BCUT2D eigenvalue weighted by Gasteiger charge is -2.30. The second kappa shape index (κ2) is 6.01. The minimum Gasteiger partial charge on any atom is -0.107 e. The van der Waals surface area contributed by atoms with Crippen LogP contribution < -0.4 is 0 Å². The van der Waals surface area contributed by atoms with Crippen LogP contribution in [0.2, 0.25) is 52.4 Å².